The van der Waals surface area contributed by atoms with Crippen LogP contribution in [0.25, 0.3) is 0 Å². The molecule has 2 N–H and O–H groups in total. The molecule has 1 unspecified atom stereocenters. The Morgan fingerprint density at radius 2 is 2.24 bits per heavy atom. The molecule has 1 fully saturated rings. The Morgan fingerprint density at radius 1 is 1.52 bits per heavy atom. The lowest BCUT2D eigenvalue weighted by atomic mass is 9.90. The summed E-state index contributed by atoms with van der Waals surface area (Å²) in [5.74, 6) is 1.09. The van der Waals surface area contributed by atoms with E-state index in [9.17, 15) is 9.90 Å². The SMILES string of the molecule is CC(=O)NCCCN1CCC(C(O)c2nccn2C)CC1. The Balaban J connectivity index is 1.71. The zero-order valence-corrected chi connectivity index (χ0v) is 13.0. The number of aryl methyl sites for hydroxylation is 1. The first-order valence-corrected chi connectivity index (χ1v) is 7.70. The van der Waals surface area contributed by atoms with Gasteiger partial charge in [0.1, 0.15) is 11.9 Å². The lowest BCUT2D eigenvalue weighted by Crippen LogP contribution is -2.37. The van der Waals surface area contributed by atoms with Crippen molar-refractivity contribution in [2.24, 2.45) is 13.0 Å². The van der Waals surface area contributed by atoms with Gasteiger partial charge in [0, 0.05) is 32.9 Å². The average molecular weight is 294 g/mol. The van der Waals surface area contributed by atoms with Gasteiger partial charge in [-0.3, -0.25) is 4.79 Å². The maximum absolute atomic E-state index is 10.8. The number of hydrogen-bond acceptors (Lipinski definition) is 4. The topological polar surface area (TPSA) is 70.4 Å². The number of nitrogens with one attached hydrogen (secondary N) is 1. The second-order valence-electron chi connectivity index (χ2n) is 5.86. The van der Waals surface area contributed by atoms with Gasteiger partial charge in [0.15, 0.2) is 0 Å². The summed E-state index contributed by atoms with van der Waals surface area (Å²) < 4.78 is 1.89. The monoisotopic (exact) mass is 294 g/mol. The van der Waals surface area contributed by atoms with Crippen LogP contribution < -0.4 is 5.32 Å². The first-order valence-electron chi connectivity index (χ1n) is 7.70. The summed E-state index contributed by atoms with van der Waals surface area (Å²) in [6.45, 7) is 5.31. The number of piperidine rings is 1. The Hall–Kier alpha value is -1.40. The summed E-state index contributed by atoms with van der Waals surface area (Å²) in [4.78, 5) is 17.4. The van der Waals surface area contributed by atoms with Crippen LogP contribution in [0.5, 0.6) is 0 Å². The number of likely N-dealkylation sites (tertiary alicyclic amines) is 1. The maximum Gasteiger partial charge on any atom is 0.216 e. The molecule has 0 aliphatic carbocycles. The number of rotatable bonds is 6. The zero-order chi connectivity index (χ0) is 15.2. The highest BCUT2D eigenvalue weighted by molar-refractivity contribution is 5.72. The van der Waals surface area contributed by atoms with Crippen LogP contribution in [0.3, 0.4) is 0 Å². The summed E-state index contributed by atoms with van der Waals surface area (Å²) >= 11 is 0. The fourth-order valence-electron chi connectivity index (χ4n) is 2.93. The third-order valence-electron chi connectivity index (χ3n) is 4.23. The minimum Gasteiger partial charge on any atom is -0.385 e. The molecule has 6 nitrogen and oxygen atoms in total. The molecule has 0 radical (unpaired) electrons. The van der Waals surface area contributed by atoms with Gasteiger partial charge in [0.25, 0.3) is 0 Å². The summed E-state index contributed by atoms with van der Waals surface area (Å²) in [5.41, 5.74) is 0. The lowest BCUT2D eigenvalue weighted by Gasteiger charge is -2.34. The largest absolute Gasteiger partial charge is 0.385 e. The van der Waals surface area contributed by atoms with Crippen molar-refractivity contribution in [2.75, 3.05) is 26.2 Å². The van der Waals surface area contributed by atoms with Crippen LogP contribution in [-0.4, -0.2) is 51.6 Å². The fourth-order valence-corrected chi connectivity index (χ4v) is 2.93. The van der Waals surface area contributed by atoms with Crippen molar-refractivity contribution in [2.45, 2.75) is 32.3 Å². The van der Waals surface area contributed by atoms with E-state index in [1.54, 1.807) is 13.1 Å². The minimum absolute atomic E-state index is 0.0342. The number of aromatic nitrogens is 2. The molecule has 1 aromatic rings. The van der Waals surface area contributed by atoms with Crippen LogP contribution in [0.2, 0.25) is 0 Å². The van der Waals surface area contributed by atoms with Crippen molar-refractivity contribution in [3.63, 3.8) is 0 Å². The molecule has 1 saturated heterocycles. The summed E-state index contributed by atoms with van der Waals surface area (Å²) in [5, 5.41) is 13.2. The number of aliphatic hydroxyl groups excluding tert-OH is 1. The normalized spacial score (nSPS) is 18.6. The fraction of sp³-hybridized carbons (Fsp3) is 0.733. The molecule has 0 saturated carbocycles. The van der Waals surface area contributed by atoms with E-state index in [-0.39, 0.29) is 11.8 Å². The summed E-state index contributed by atoms with van der Waals surface area (Å²) in [6, 6.07) is 0. The molecular formula is C15H26N4O2. The van der Waals surface area contributed by atoms with Crippen LogP contribution in [0.4, 0.5) is 0 Å². The second-order valence-corrected chi connectivity index (χ2v) is 5.86. The van der Waals surface area contributed by atoms with Crippen LogP contribution in [0.15, 0.2) is 12.4 Å². The van der Waals surface area contributed by atoms with Crippen molar-refractivity contribution in [1.82, 2.24) is 19.8 Å². The van der Waals surface area contributed by atoms with Gasteiger partial charge in [-0.05, 0) is 44.8 Å². The highest BCUT2D eigenvalue weighted by atomic mass is 16.3. The van der Waals surface area contributed by atoms with Crippen molar-refractivity contribution < 1.29 is 9.90 Å². The van der Waals surface area contributed by atoms with Gasteiger partial charge in [-0.15, -0.1) is 0 Å². The van der Waals surface area contributed by atoms with Crippen LogP contribution in [0.1, 0.15) is 38.1 Å². The first-order chi connectivity index (χ1) is 10.1. The molecule has 1 atom stereocenters. The van der Waals surface area contributed by atoms with E-state index in [1.165, 1.54) is 0 Å². The molecule has 1 aliphatic rings. The van der Waals surface area contributed by atoms with Gasteiger partial charge in [-0.25, -0.2) is 4.98 Å². The third kappa shape index (κ3) is 4.54. The van der Waals surface area contributed by atoms with Crippen molar-refractivity contribution in [3.8, 4) is 0 Å². The van der Waals surface area contributed by atoms with E-state index >= 15 is 0 Å². The smallest absolute Gasteiger partial charge is 0.216 e. The van der Waals surface area contributed by atoms with Crippen LogP contribution in [0, 0.1) is 5.92 Å². The molecule has 2 rings (SSSR count). The predicted octanol–water partition coefficient (Wildman–Crippen LogP) is 0.692. The van der Waals surface area contributed by atoms with E-state index < -0.39 is 6.10 Å². The number of amides is 1. The van der Waals surface area contributed by atoms with E-state index in [2.05, 4.69) is 15.2 Å². The molecule has 118 valence electrons. The Morgan fingerprint density at radius 3 is 2.81 bits per heavy atom. The molecule has 0 aromatic carbocycles. The Bertz CT molecular complexity index is 452. The van der Waals surface area contributed by atoms with Crippen molar-refractivity contribution in [1.29, 1.82) is 0 Å². The third-order valence-corrected chi connectivity index (χ3v) is 4.23. The van der Waals surface area contributed by atoms with Gasteiger partial charge >= 0.3 is 0 Å². The molecule has 21 heavy (non-hydrogen) atoms. The first kappa shape index (κ1) is 16.0. The highest BCUT2D eigenvalue weighted by Crippen LogP contribution is 2.29. The number of hydrogen-bond donors (Lipinski definition) is 2. The number of imidazole rings is 1. The van der Waals surface area contributed by atoms with E-state index in [4.69, 9.17) is 0 Å². The second kappa shape index (κ2) is 7.56. The summed E-state index contributed by atoms with van der Waals surface area (Å²) in [6.07, 6.45) is 6.10. The standard InChI is InChI=1S/C15H26N4O2/c1-12(20)16-6-3-8-19-9-4-13(5-10-19)14(21)15-17-7-11-18(15)2/h7,11,13-14,21H,3-6,8-10H2,1-2H3,(H,16,20). The van der Waals surface area contributed by atoms with Gasteiger partial charge in [0.2, 0.25) is 5.91 Å². The van der Waals surface area contributed by atoms with Crippen molar-refractivity contribution in [3.05, 3.63) is 18.2 Å². The van der Waals surface area contributed by atoms with E-state index in [0.717, 1.165) is 51.3 Å². The molecule has 6 heteroatoms. The molecular weight excluding hydrogens is 268 g/mol. The number of nitrogens with zero attached hydrogens (tertiary/aromatic N) is 3. The van der Waals surface area contributed by atoms with Crippen LogP contribution in [-0.2, 0) is 11.8 Å². The van der Waals surface area contributed by atoms with E-state index in [1.807, 2.05) is 17.8 Å². The van der Waals surface area contributed by atoms with Gasteiger partial charge < -0.3 is 19.9 Å². The lowest BCUT2D eigenvalue weighted by molar-refractivity contribution is -0.118. The predicted molar refractivity (Wildman–Crippen MR) is 80.6 cm³/mol. The molecule has 0 bridgehead atoms. The molecule has 1 aromatic heterocycles. The quantitative estimate of drug-likeness (QED) is 0.758. The number of carbonyl (C=O) groups is 1. The van der Waals surface area contributed by atoms with E-state index in [0.29, 0.717) is 0 Å². The Labute approximate surface area is 126 Å². The average Bonchev–Trinajstić information content (AvgIpc) is 2.89. The Kier molecular flexibility index (Phi) is 5.76. The molecule has 1 aliphatic heterocycles. The molecule has 2 heterocycles. The van der Waals surface area contributed by atoms with Gasteiger partial charge in [-0.1, -0.05) is 0 Å². The van der Waals surface area contributed by atoms with Crippen LogP contribution >= 0.6 is 0 Å². The molecule has 0 spiro atoms. The number of aliphatic hydroxyl groups is 1. The highest BCUT2D eigenvalue weighted by Gasteiger charge is 2.28. The van der Waals surface area contributed by atoms with Gasteiger partial charge in [-0.2, -0.15) is 0 Å². The van der Waals surface area contributed by atoms with Gasteiger partial charge in [0.05, 0.1) is 0 Å². The maximum atomic E-state index is 10.8. The summed E-state index contributed by atoms with van der Waals surface area (Å²) in [7, 11) is 1.92. The molecule has 1 amide bonds. The zero-order valence-electron chi connectivity index (χ0n) is 13.0. The minimum atomic E-state index is -0.466. The number of carbonyl (C=O) groups excluding carboxylic acids is 1. The van der Waals surface area contributed by atoms with Crippen molar-refractivity contribution >= 4 is 5.91 Å².